The van der Waals surface area contributed by atoms with Crippen LogP contribution in [0.4, 0.5) is 13.2 Å². The summed E-state index contributed by atoms with van der Waals surface area (Å²) < 4.78 is 42.3. The molecule has 0 spiro atoms. The van der Waals surface area contributed by atoms with Gasteiger partial charge in [-0.3, -0.25) is 0 Å². The molecule has 0 N–H and O–H groups in total. The zero-order valence-electron chi connectivity index (χ0n) is 14.9. The third-order valence-corrected chi connectivity index (χ3v) is 4.77. The molecule has 0 aliphatic rings. The molecule has 27 heavy (non-hydrogen) atoms. The summed E-state index contributed by atoms with van der Waals surface area (Å²) >= 11 is 0. The number of aromatic nitrogens is 2. The van der Waals surface area contributed by atoms with E-state index in [1.165, 1.54) is 6.07 Å². The molecule has 0 atom stereocenters. The zero-order valence-corrected chi connectivity index (χ0v) is 14.9. The van der Waals surface area contributed by atoms with Gasteiger partial charge in [-0.2, -0.15) is 18.3 Å². The maximum atomic E-state index is 13.5. The van der Waals surface area contributed by atoms with Crippen LogP contribution >= 0.6 is 0 Å². The second kappa shape index (κ2) is 6.27. The molecule has 2 aromatic heterocycles. The van der Waals surface area contributed by atoms with Crippen LogP contribution in [0, 0.1) is 13.8 Å². The highest BCUT2D eigenvalue weighted by Crippen LogP contribution is 2.39. The molecule has 4 aromatic rings. The SMILES string of the molecule is Cc1cc2cc(-c3ccc(C(F)(F)F)c(-c4ccccc4)c3)nn2cc1C. The lowest BCUT2D eigenvalue weighted by atomic mass is 9.96. The fraction of sp³-hybridized carbons (Fsp3) is 0.136. The first-order valence-electron chi connectivity index (χ1n) is 8.56. The second-order valence-corrected chi connectivity index (χ2v) is 6.66. The highest BCUT2D eigenvalue weighted by atomic mass is 19.4. The van der Waals surface area contributed by atoms with E-state index in [4.69, 9.17) is 0 Å². The van der Waals surface area contributed by atoms with E-state index in [1.807, 2.05) is 32.2 Å². The predicted octanol–water partition coefficient (Wildman–Crippen LogP) is 6.30. The number of pyridine rings is 1. The Labute approximate surface area is 154 Å². The normalized spacial score (nSPS) is 11.9. The summed E-state index contributed by atoms with van der Waals surface area (Å²) in [6.07, 6.45) is -2.49. The minimum absolute atomic E-state index is 0.157. The molecule has 2 nitrogen and oxygen atoms in total. The standard InChI is InChI=1S/C22H17F3N2/c1-14-10-18-12-21(26-27(18)13-15(14)2)17-8-9-20(22(23,24)25)19(11-17)16-6-4-3-5-7-16/h3-13H,1-2H3. The smallest absolute Gasteiger partial charge is 0.240 e. The van der Waals surface area contributed by atoms with Crippen molar-refractivity contribution in [2.24, 2.45) is 0 Å². The Bertz CT molecular complexity index is 1090. The number of nitrogens with zero attached hydrogens (tertiary/aromatic N) is 2. The first-order valence-corrected chi connectivity index (χ1v) is 8.56. The highest BCUT2D eigenvalue weighted by molar-refractivity contribution is 5.76. The highest BCUT2D eigenvalue weighted by Gasteiger charge is 2.33. The van der Waals surface area contributed by atoms with Crippen LogP contribution in [0.25, 0.3) is 27.9 Å². The summed E-state index contributed by atoms with van der Waals surface area (Å²) in [5.41, 5.74) is 4.50. The van der Waals surface area contributed by atoms with Gasteiger partial charge in [0.15, 0.2) is 0 Å². The van der Waals surface area contributed by atoms with E-state index < -0.39 is 11.7 Å². The zero-order chi connectivity index (χ0) is 19.2. The molecule has 2 aromatic carbocycles. The number of hydrogen-bond donors (Lipinski definition) is 0. The van der Waals surface area contributed by atoms with Crippen molar-refractivity contribution in [2.45, 2.75) is 20.0 Å². The van der Waals surface area contributed by atoms with Gasteiger partial charge >= 0.3 is 6.18 Å². The molecule has 0 bridgehead atoms. The number of halogens is 3. The van der Waals surface area contributed by atoms with E-state index in [2.05, 4.69) is 5.10 Å². The van der Waals surface area contributed by atoms with E-state index in [0.29, 0.717) is 16.8 Å². The molecule has 0 saturated carbocycles. The summed E-state index contributed by atoms with van der Waals surface area (Å²) in [7, 11) is 0. The third-order valence-electron chi connectivity index (χ3n) is 4.77. The molecule has 4 rings (SSSR count). The van der Waals surface area contributed by atoms with Gasteiger partial charge < -0.3 is 0 Å². The van der Waals surface area contributed by atoms with Crippen molar-refractivity contribution >= 4 is 5.52 Å². The van der Waals surface area contributed by atoms with Crippen LogP contribution in [-0.4, -0.2) is 9.61 Å². The Morgan fingerprint density at radius 2 is 1.56 bits per heavy atom. The van der Waals surface area contributed by atoms with Gasteiger partial charge in [0.2, 0.25) is 0 Å². The van der Waals surface area contributed by atoms with Crippen molar-refractivity contribution in [3.8, 4) is 22.4 Å². The molecule has 0 saturated heterocycles. The molecule has 0 amide bonds. The van der Waals surface area contributed by atoms with Crippen molar-refractivity contribution in [1.82, 2.24) is 9.61 Å². The van der Waals surface area contributed by atoms with E-state index in [1.54, 1.807) is 40.9 Å². The van der Waals surface area contributed by atoms with Crippen LogP contribution in [0.3, 0.4) is 0 Å². The topological polar surface area (TPSA) is 17.3 Å². The van der Waals surface area contributed by atoms with Crippen LogP contribution in [0.2, 0.25) is 0 Å². The molecule has 0 fully saturated rings. The predicted molar refractivity (Wildman–Crippen MR) is 101 cm³/mol. The Morgan fingerprint density at radius 1 is 0.815 bits per heavy atom. The average molecular weight is 366 g/mol. The minimum atomic E-state index is -4.42. The molecular formula is C22H17F3N2. The fourth-order valence-corrected chi connectivity index (χ4v) is 3.19. The Balaban J connectivity index is 1.90. The summed E-state index contributed by atoms with van der Waals surface area (Å²) in [5.74, 6) is 0. The van der Waals surface area contributed by atoms with E-state index in [-0.39, 0.29) is 5.56 Å². The third kappa shape index (κ3) is 3.21. The number of alkyl halides is 3. The lowest BCUT2D eigenvalue weighted by molar-refractivity contribution is -0.137. The summed E-state index contributed by atoms with van der Waals surface area (Å²) in [4.78, 5) is 0. The van der Waals surface area contributed by atoms with Crippen LogP contribution in [-0.2, 0) is 6.18 Å². The van der Waals surface area contributed by atoms with E-state index >= 15 is 0 Å². The summed E-state index contributed by atoms with van der Waals surface area (Å²) in [6.45, 7) is 4.02. The molecule has 2 heterocycles. The van der Waals surface area contributed by atoms with Crippen LogP contribution in [0.5, 0.6) is 0 Å². The van der Waals surface area contributed by atoms with Gasteiger partial charge in [0.1, 0.15) is 0 Å². The Hall–Kier alpha value is -3.08. The Kier molecular flexibility index (Phi) is 4.02. The molecule has 0 aliphatic heterocycles. The maximum Gasteiger partial charge on any atom is 0.417 e. The second-order valence-electron chi connectivity index (χ2n) is 6.66. The lowest BCUT2D eigenvalue weighted by Crippen LogP contribution is -2.07. The van der Waals surface area contributed by atoms with Crippen LogP contribution in [0.1, 0.15) is 16.7 Å². The van der Waals surface area contributed by atoms with Crippen LogP contribution in [0.15, 0.2) is 66.9 Å². The summed E-state index contributed by atoms with van der Waals surface area (Å²) in [6, 6.07) is 16.7. The van der Waals surface area contributed by atoms with E-state index in [9.17, 15) is 13.2 Å². The van der Waals surface area contributed by atoms with E-state index in [0.717, 1.165) is 22.7 Å². The molecule has 0 radical (unpaired) electrons. The van der Waals surface area contributed by atoms with Gasteiger partial charge in [0.05, 0.1) is 16.8 Å². The van der Waals surface area contributed by atoms with Gasteiger partial charge in [0.25, 0.3) is 0 Å². The first-order chi connectivity index (χ1) is 12.8. The number of fused-ring (bicyclic) bond motifs is 1. The number of aryl methyl sites for hydroxylation is 2. The van der Waals surface area contributed by atoms with Gasteiger partial charge in [-0.15, -0.1) is 0 Å². The van der Waals surface area contributed by atoms with Crippen molar-refractivity contribution in [2.75, 3.05) is 0 Å². The first kappa shape index (κ1) is 17.3. The fourth-order valence-electron chi connectivity index (χ4n) is 3.19. The van der Waals surface area contributed by atoms with Gasteiger partial charge in [-0.25, -0.2) is 4.52 Å². The van der Waals surface area contributed by atoms with Crippen molar-refractivity contribution in [3.63, 3.8) is 0 Å². The Morgan fingerprint density at radius 3 is 2.26 bits per heavy atom. The van der Waals surface area contributed by atoms with Gasteiger partial charge in [0, 0.05) is 11.8 Å². The van der Waals surface area contributed by atoms with Crippen molar-refractivity contribution < 1.29 is 13.2 Å². The molecule has 5 heteroatoms. The van der Waals surface area contributed by atoms with Crippen molar-refractivity contribution in [3.05, 3.63) is 83.6 Å². The quantitative estimate of drug-likeness (QED) is 0.407. The lowest BCUT2D eigenvalue weighted by Gasteiger charge is -2.14. The van der Waals surface area contributed by atoms with Crippen molar-refractivity contribution in [1.29, 1.82) is 0 Å². The number of rotatable bonds is 2. The minimum Gasteiger partial charge on any atom is -0.240 e. The number of benzene rings is 2. The van der Waals surface area contributed by atoms with Crippen LogP contribution < -0.4 is 0 Å². The molecule has 136 valence electrons. The monoisotopic (exact) mass is 366 g/mol. The number of hydrogen-bond acceptors (Lipinski definition) is 1. The van der Waals surface area contributed by atoms with Gasteiger partial charge in [-0.05, 0) is 60.4 Å². The largest absolute Gasteiger partial charge is 0.417 e. The maximum absolute atomic E-state index is 13.5. The molecular weight excluding hydrogens is 349 g/mol. The molecule has 0 unspecified atom stereocenters. The summed E-state index contributed by atoms with van der Waals surface area (Å²) in [5, 5.41) is 4.55. The molecule has 0 aliphatic carbocycles. The van der Waals surface area contributed by atoms with Gasteiger partial charge in [-0.1, -0.05) is 36.4 Å². The average Bonchev–Trinajstić information content (AvgIpc) is 3.04.